The first kappa shape index (κ1) is 11.4. The van der Waals surface area contributed by atoms with Gasteiger partial charge in [-0.3, -0.25) is 4.79 Å². The van der Waals surface area contributed by atoms with Gasteiger partial charge in [0.25, 0.3) is 0 Å². The van der Waals surface area contributed by atoms with Crippen LogP contribution in [0.1, 0.15) is 13.3 Å². The molecule has 1 rings (SSSR count). The number of benzene rings is 1. The fraction of sp³-hybridized carbons (Fsp3) is 0.364. The molecule has 0 bridgehead atoms. The summed E-state index contributed by atoms with van der Waals surface area (Å²) in [6.07, 6.45) is 0.460. The Morgan fingerprint density at radius 3 is 2.67 bits per heavy atom. The number of methoxy groups -OCH3 is 1. The van der Waals surface area contributed by atoms with Gasteiger partial charge in [-0.25, -0.2) is 0 Å². The number of nitrogens with zero attached hydrogens (tertiary/aromatic N) is 1. The molecule has 0 aliphatic rings. The van der Waals surface area contributed by atoms with Gasteiger partial charge in [-0.15, -0.1) is 0 Å². The van der Waals surface area contributed by atoms with Crippen LogP contribution >= 0.6 is 0 Å². The van der Waals surface area contributed by atoms with E-state index in [1.54, 1.807) is 37.3 Å². The summed E-state index contributed by atoms with van der Waals surface area (Å²) in [6, 6.07) is 5.27. The van der Waals surface area contributed by atoms with Crippen LogP contribution in [0.15, 0.2) is 18.2 Å². The van der Waals surface area contributed by atoms with Crippen LogP contribution in [-0.2, 0) is 4.79 Å². The van der Waals surface area contributed by atoms with E-state index in [0.29, 0.717) is 23.5 Å². The van der Waals surface area contributed by atoms with E-state index in [0.717, 1.165) is 0 Å². The number of carbonyl (C=O) groups excluding carboxylic acids is 1. The number of nitrogens with two attached hydrogens (primary N) is 1. The second-order valence-electron chi connectivity index (χ2n) is 3.23. The summed E-state index contributed by atoms with van der Waals surface area (Å²) in [5.74, 6) is 0.723. The predicted molar refractivity (Wildman–Crippen MR) is 61.1 cm³/mol. The van der Waals surface area contributed by atoms with Crippen molar-refractivity contribution in [1.29, 1.82) is 0 Å². The monoisotopic (exact) mass is 208 g/mol. The van der Waals surface area contributed by atoms with Crippen LogP contribution < -0.4 is 15.4 Å². The van der Waals surface area contributed by atoms with Gasteiger partial charge in [0.1, 0.15) is 5.75 Å². The molecular weight excluding hydrogens is 192 g/mol. The largest absolute Gasteiger partial charge is 0.497 e. The summed E-state index contributed by atoms with van der Waals surface area (Å²) < 4.78 is 5.03. The summed E-state index contributed by atoms with van der Waals surface area (Å²) in [6.45, 7) is 1.82. The van der Waals surface area contributed by atoms with E-state index in [-0.39, 0.29) is 5.91 Å². The van der Waals surface area contributed by atoms with Crippen LogP contribution in [0.5, 0.6) is 5.75 Å². The highest BCUT2D eigenvalue weighted by Gasteiger charge is 2.11. The van der Waals surface area contributed by atoms with E-state index in [1.165, 1.54) is 0 Å². The smallest absolute Gasteiger partial charge is 0.226 e. The SMILES string of the molecule is CCC(=O)N(C)c1ccc(OC)cc1N. The molecule has 0 radical (unpaired) electrons. The Morgan fingerprint density at radius 1 is 1.53 bits per heavy atom. The van der Waals surface area contributed by atoms with Crippen LogP contribution in [0.2, 0.25) is 0 Å². The van der Waals surface area contributed by atoms with Gasteiger partial charge in [-0.05, 0) is 12.1 Å². The average molecular weight is 208 g/mol. The summed E-state index contributed by atoms with van der Waals surface area (Å²) in [4.78, 5) is 13.0. The molecule has 1 aromatic carbocycles. The van der Waals surface area contributed by atoms with E-state index < -0.39 is 0 Å². The number of ether oxygens (including phenoxy) is 1. The maximum Gasteiger partial charge on any atom is 0.226 e. The number of amides is 1. The van der Waals surface area contributed by atoms with Crippen molar-refractivity contribution in [1.82, 2.24) is 0 Å². The minimum atomic E-state index is 0.0341. The van der Waals surface area contributed by atoms with Gasteiger partial charge in [0.05, 0.1) is 18.5 Å². The van der Waals surface area contributed by atoms with Crippen LogP contribution in [0, 0.1) is 0 Å². The second-order valence-corrected chi connectivity index (χ2v) is 3.23. The van der Waals surface area contributed by atoms with Crippen molar-refractivity contribution >= 4 is 17.3 Å². The lowest BCUT2D eigenvalue weighted by molar-refractivity contribution is -0.118. The summed E-state index contributed by atoms with van der Waals surface area (Å²) in [7, 11) is 3.29. The fourth-order valence-corrected chi connectivity index (χ4v) is 1.34. The van der Waals surface area contributed by atoms with Crippen molar-refractivity contribution in [2.24, 2.45) is 0 Å². The molecule has 82 valence electrons. The van der Waals surface area contributed by atoms with Crippen molar-refractivity contribution in [3.63, 3.8) is 0 Å². The van der Waals surface area contributed by atoms with E-state index >= 15 is 0 Å². The fourth-order valence-electron chi connectivity index (χ4n) is 1.34. The van der Waals surface area contributed by atoms with Gasteiger partial charge in [-0.1, -0.05) is 6.92 Å². The van der Waals surface area contributed by atoms with Crippen LogP contribution in [0.3, 0.4) is 0 Å². The second kappa shape index (κ2) is 4.68. The third-order valence-electron chi connectivity index (χ3n) is 2.27. The minimum Gasteiger partial charge on any atom is -0.497 e. The van der Waals surface area contributed by atoms with Gasteiger partial charge < -0.3 is 15.4 Å². The van der Waals surface area contributed by atoms with Gasteiger partial charge in [-0.2, -0.15) is 0 Å². The van der Waals surface area contributed by atoms with Crippen LogP contribution in [0.4, 0.5) is 11.4 Å². The van der Waals surface area contributed by atoms with E-state index in [4.69, 9.17) is 10.5 Å². The van der Waals surface area contributed by atoms with Gasteiger partial charge in [0, 0.05) is 19.5 Å². The van der Waals surface area contributed by atoms with Gasteiger partial charge in [0.2, 0.25) is 5.91 Å². The number of hydrogen-bond acceptors (Lipinski definition) is 3. The van der Waals surface area contributed by atoms with Crippen molar-refractivity contribution in [2.45, 2.75) is 13.3 Å². The van der Waals surface area contributed by atoms with E-state index in [9.17, 15) is 4.79 Å². The Morgan fingerprint density at radius 2 is 2.20 bits per heavy atom. The third-order valence-corrected chi connectivity index (χ3v) is 2.27. The molecule has 2 N–H and O–H groups in total. The van der Waals surface area contributed by atoms with E-state index in [2.05, 4.69) is 0 Å². The first-order chi connectivity index (χ1) is 7.10. The van der Waals surface area contributed by atoms with Crippen molar-refractivity contribution < 1.29 is 9.53 Å². The third kappa shape index (κ3) is 2.40. The Kier molecular flexibility index (Phi) is 3.55. The van der Waals surface area contributed by atoms with Crippen LogP contribution in [0.25, 0.3) is 0 Å². The highest BCUT2D eigenvalue weighted by Crippen LogP contribution is 2.27. The number of hydrogen-bond donors (Lipinski definition) is 1. The Bertz CT molecular complexity index is 364. The van der Waals surface area contributed by atoms with Crippen LogP contribution in [-0.4, -0.2) is 20.1 Å². The zero-order valence-corrected chi connectivity index (χ0v) is 9.28. The van der Waals surface area contributed by atoms with Crippen molar-refractivity contribution in [3.05, 3.63) is 18.2 Å². The molecule has 1 amide bonds. The van der Waals surface area contributed by atoms with Gasteiger partial charge >= 0.3 is 0 Å². The summed E-state index contributed by atoms with van der Waals surface area (Å²) in [5.41, 5.74) is 7.07. The quantitative estimate of drug-likeness (QED) is 0.768. The zero-order valence-electron chi connectivity index (χ0n) is 9.28. The lowest BCUT2D eigenvalue weighted by Crippen LogP contribution is -2.25. The molecule has 0 fully saturated rings. The zero-order chi connectivity index (χ0) is 11.4. The first-order valence-corrected chi connectivity index (χ1v) is 4.80. The van der Waals surface area contributed by atoms with E-state index in [1.807, 2.05) is 6.92 Å². The molecule has 4 heteroatoms. The summed E-state index contributed by atoms with van der Waals surface area (Å²) >= 11 is 0. The minimum absolute atomic E-state index is 0.0341. The average Bonchev–Trinajstić information content (AvgIpc) is 2.26. The molecule has 0 saturated heterocycles. The molecule has 1 aromatic rings. The first-order valence-electron chi connectivity index (χ1n) is 4.80. The van der Waals surface area contributed by atoms with Crippen molar-refractivity contribution in [2.75, 3.05) is 24.8 Å². The molecule has 15 heavy (non-hydrogen) atoms. The number of carbonyl (C=O) groups is 1. The molecule has 0 aromatic heterocycles. The molecule has 0 unspecified atom stereocenters. The lowest BCUT2D eigenvalue weighted by Gasteiger charge is -2.18. The number of anilines is 2. The lowest BCUT2D eigenvalue weighted by atomic mass is 10.2. The molecular formula is C11H16N2O2. The number of nitrogen functional groups attached to an aromatic ring is 1. The maximum absolute atomic E-state index is 11.5. The molecule has 0 saturated carbocycles. The number of rotatable bonds is 3. The Hall–Kier alpha value is -1.71. The molecule has 0 spiro atoms. The maximum atomic E-state index is 11.5. The molecule has 0 atom stereocenters. The highest BCUT2D eigenvalue weighted by atomic mass is 16.5. The molecule has 0 aliphatic carbocycles. The Labute approximate surface area is 89.6 Å². The van der Waals surface area contributed by atoms with Gasteiger partial charge in [0.15, 0.2) is 0 Å². The Balaban J connectivity index is 3.00. The standard InChI is InChI=1S/C11H16N2O2/c1-4-11(14)13(2)10-6-5-8(15-3)7-9(10)12/h5-7H,4,12H2,1-3H3. The summed E-state index contributed by atoms with van der Waals surface area (Å²) in [5, 5.41) is 0. The molecule has 0 aliphatic heterocycles. The predicted octanol–water partition coefficient (Wildman–Crippen LogP) is 1.65. The van der Waals surface area contributed by atoms with Crippen molar-refractivity contribution in [3.8, 4) is 5.75 Å². The molecule has 4 nitrogen and oxygen atoms in total. The normalized spacial score (nSPS) is 9.80. The molecule has 0 heterocycles. The topological polar surface area (TPSA) is 55.6 Å². The highest BCUT2D eigenvalue weighted by molar-refractivity contribution is 5.95.